The van der Waals surface area contributed by atoms with Crippen LogP contribution in [0.25, 0.3) is 53.9 Å². The molecule has 0 radical (unpaired) electrons. The third-order valence-corrected chi connectivity index (χ3v) is 18.5. The highest BCUT2D eigenvalue weighted by molar-refractivity contribution is 14.1. The zero-order valence-corrected chi connectivity index (χ0v) is 59.6. The van der Waals surface area contributed by atoms with Crippen LogP contribution in [-0.2, 0) is 26.2 Å². The number of nitrogens with two attached hydrogens (primary N) is 1. The first-order chi connectivity index (χ1) is 51.6. The van der Waals surface area contributed by atoms with E-state index in [0.29, 0.717) is 68.6 Å². The van der Waals surface area contributed by atoms with Crippen LogP contribution in [0.2, 0.25) is 0 Å². The molecular formula is C83H70F4IN7O12. The smallest absolute Gasteiger partial charge is 0.343 e. The number of benzene rings is 9. The van der Waals surface area contributed by atoms with Crippen LogP contribution in [0.3, 0.4) is 0 Å². The Labute approximate surface area is 621 Å². The Balaban J connectivity index is 0.000000141. The zero-order chi connectivity index (χ0) is 76.1. The Hall–Kier alpha value is -12.3. The van der Waals surface area contributed by atoms with Crippen LogP contribution in [0.5, 0.6) is 0 Å². The molecule has 5 aromatic heterocycles. The van der Waals surface area contributed by atoms with Crippen molar-refractivity contribution in [3.05, 3.63) is 376 Å². The fourth-order valence-corrected chi connectivity index (χ4v) is 12.7. The fraction of sp³-hybridized carbons (Fsp3) is 0.157. The number of carbonyl (C=O) groups excluding carboxylic acids is 1. The predicted octanol–water partition coefficient (Wildman–Crippen LogP) is 16.8. The molecule has 0 atom stereocenters. The molecule has 14 aromatic rings. The van der Waals surface area contributed by atoms with Crippen molar-refractivity contribution >= 4 is 99.3 Å². The number of aliphatic hydroxyl groups is 1. The quantitative estimate of drug-likeness (QED) is 0.0207. The van der Waals surface area contributed by atoms with Crippen LogP contribution in [-0.4, -0.2) is 45.6 Å². The number of nitrogen functional groups attached to an aromatic ring is 1. The SMILES string of the molecule is C1CCCCCC1.Nc1cccc2c(=O)n(Cc3ccc(F)cc3)ccc12.O=C(CCO)c1cccc2c(=O)n(Cc3ccc(F)cc3)ccc12.O=c1c2cccc(I)c2ccn1Cc1ccc(F)cc1.O=c1c2cccc([N+](=O)[O-])c2ccn1Cc1ccc(F)cc1.O=c1occc2c([N+](=O)[O-])cccc12. The number of anilines is 1. The van der Waals surface area contributed by atoms with Gasteiger partial charge in [0.05, 0.1) is 70.4 Å². The largest absolute Gasteiger partial charge is 0.431 e. The lowest BCUT2D eigenvalue weighted by Crippen LogP contribution is -2.20. The molecule has 1 fully saturated rings. The second-order valence-corrected chi connectivity index (χ2v) is 26.0. The van der Waals surface area contributed by atoms with Crippen molar-refractivity contribution in [2.24, 2.45) is 0 Å². The van der Waals surface area contributed by atoms with E-state index in [9.17, 15) is 66.6 Å². The summed E-state index contributed by atoms with van der Waals surface area (Å²) in [7, 11) is 0. The molecule has 15 rings (SSSR count). The van der Waals surface area contributed by atoms with Gasteiger partial charge in [-0.2, -0.15) is 0 Å². The minimum absolute atomic E-state index is 0.0228. The number of nitro benzene ring substituents is 2. The van der Waals surface area contributed by atoms with Gasteiger partial charge >= 0.3 is 5.63 Å². The molecule has 1 aliphatic rings. The van der Waals surface area contributed by atoms with Crippen molar-refractivity contribution in [2.75, 3.05) is 12.3 Å². The predicted molar refractivity (Wildman–Crippen MR) is 416 cm³/mol. The standard InChI is InChI=1S/C19H16FNO3.C16H11FINO.C16H11FN2O3.C16H13FN2O.C9H5NO4.C7H14/c20-14-6-4-13(5-7-14)12-21-10-8-15-16(18(23)9-11-22)2-1-3-17(15)19(21)24;17-12-6-4-11(5-7-12)10-19-9-8-13-14(16(19)20)2-1-3-15(13)18;17-12-6-4-11(5-7-12)10-18-9-8-13-14(16(18)20)2-1-3-15(13)19(21)22;17-12-6-4-11(5-7-12)10-19-9-8-13-14(16(19)20)2-1-3-15(13)18;11-9-7-2-1-3-8(10(12)13)6(7)4-5-14-9;1-2-4-6-7-5-3-1/h1-8,10,22H,9,11-12H2;1-9H,10H2;1-9H,10H2;1-9H,10,18H2;1-5H;1-7H2. The number of rotatable bonds is 13. The normalized spacial score (nSPS) is 11.6. The first-order valence-electron chi connectivity index (χ1n) is 34.0. The van der Waals surface area contributed by atoms with Gasteiger partial charge in [-0.1, -0.05) is 130 Å². The number of carbonyl (C=O) groups is 1. The monoisotopic (exact) mass is 1560 g/mol. The number of hydrogen-bond donors (Lipinski definition) is 2. The maximum Gasteiger partial charge on any atom is 0.343 e. The third kappa shape index (κ3) is 20.2. The molecule has 0 bridgehead atoms. The third-order valence-electron chi connectivity index (χ3n) is 17.6. The minimum atomic E-state index is -0.564. The Kier molecular flexibility index (Phi) is 26.7. The van der Waals surface area contributed by atoms with Gasteiger partial charge in [-0.25, -0.2) is 22.4 Å². The van der Waals surface area contributed by atoms with Crippen LogP contribution in [0, 0.1) is 47.1 Å². The highest BCUT2D eigenvalue weighted by Gasteiger charge is 2.17. The van der Waals surface area contributed by atoms with Gasteiger partial charge in [0.2, 0.25) is 0 Å². The minimum Gasteiger partial charge on any atom is -0.431 e. The number of Topliss-reactive ketones (excluding diaryl/α,β-unsaturated/α-hetero) is 1. The Morgan fingerprint density at radius 1 is 0.402 bits per heavy atom. The number of hydrogen-bond acceptors (Lipinski definition) is 13. The second-order valence-electron chi connectivity index (χ2n) is 24.8. The van der Waals surface area contributed by atoms with Crippen molar-refractivity contribution in [3.63, 3.8) is 0 Å². The molecular weight excluding hydrogens is 1490 g/mol. The number of aliphatic hydroxyl groups excluding tert-OH is 1. The van der Waals surface area contributed by atoms with Crippen LogP contribution < -0.4 is 33.6 Å². The van der Waals surface area contributed by atoms with Crippen LogP contribution in [0.1, 0.15) is 84.0 Å². The van der Waals surface area contributed by atoms with Gasteiger partial charge in [-0.15, -0.1) is 0 Å². The molecule has 24 heteroatoms. The van der Waals surface area contributed by atoms with Gasteiger partial charge in [0, 0.05) is 85.1 Å². The van der Waals surface area contributed by atoms with E-state index >= 15 is 0 Å². The van der Waals surface area contributed by atoms with Gasteiger partial charge in [-0.05, 0) is 172 Å². The molecule has 9 aromatic carbocycles. The van der Waals surface area contributed by atoms with Crippen LogP contribution in [0.4, 0.5) is 34.6 Å². The lowest BCUT2D eigenvalue weighted by Gasteiger charge is -2.10. The van der Waals surface area contributed by atoms with Crippen LogP contribution >= 0.6 is 22.6 Å². The van der Waals surface area contributed by atoms with Gasteiger partial charge in [0.1, 0.15) is 23.3 Å². The lowest BCUT2D eigenvalue weighted by molar-refractivity contribution is -0.383. The van der Waals surface area contributed by atoms with E-state index < -0.39 is 15.5 Å². The number of aromatic nitrogens is 4. The maximum absolute atomic E-state index is 13.0. The number of nitrogens with zero attached hydrogens (tertiary/aromatic N) is 6. The topological polar surface area (TPSA) is 268 Å². The summed E-state index contributed by atoms with van der Waals surface area (Å²) in [5.74, 6) is -1.41. The molecule has 19 nitrogen and oxygen atoms in total. The first kappa shape index (κ1) is 77.3. The number of nitro groups is 2. The van der Waals surface area contributed by atoms with Gasteiger partial charge in [-0.3, -0.25) is 44.2 Å². The summed E-state index contributed by atoms with van der Waals surface area (Å²) in [6.07, 6.45) is 18.3. The van der Waals surface area contributed by atoms with E-state index in [1.807, 2.05) is 30.3 Å². The number of halogens is 5. The number of ketones is 1. The molecule has 107 heavy (non-hydrogen) atoms. The number of pyridine rings is 4. The molecule has 0 aliphatic heterocycles. The Morgan fingerprint density at radius 2 is 0.720 bits per heavy atom. The van der Waals surface area contributed by atoms with E-state index in [2.05, 4.69) is 27.0 Å². The zero-order valence-electron chi connectivity index (χ0n) is 57.5. The van der Waals surface area contributed by atoms with E-state index in [0.717, 1.165) is 42.9 Å². The summed E-state index contributed by atoms with van der Waals surface area (Å²) in [5, 5.41) is 35.7. The van der Waals surface area contributed by atoms with E-state index in [4.69, 9.17) is 10.8 Å². The number of fused-ring (bicyclic) bond motifs is 5. The first-order valence-corrected chi connectivity index (χ1v) is 35.0. The summed E-state index contributed by atoms with van der Waals surface area (Å²) in [5.41, 5.74) is 8.85. The van der Waals surface area contributed by atoms with Crippen molar-refractivity contribution < 1.29 is 41.7 Å². The second kappa shape index (κ2) is 36.9. The van der Waals surface area contributed by atoms with Crippen molar-refractivity contribution in [2.45, 2.75) is 77.5 Å². The van der Waals surface area contributed by atoms with Crippen molar-refractivity contribution in [1.82, 2.24) is 18.3 Å². The average molecular weight is 1560 g/mol. The van der Waals surface area contributed by atoms with Gasteiger partial charge in [0.15, 0.2) is 5.78 Å². The average Bonchev–Trinajstić information content (AvgIpc) is 0.806. The van der Waals surface area contributed by atoms with E-state index in [1.165, 1.54) is 145 Å². The van der Waals surface area contributed by atoms with Gasteiger partial charge < -0.3 is 33.5 Å². The summed E-state index contributed by atoms with van der Waals surface area (Å²) in [4.78, 5) is 93.7. The lowest BCUT2D eigenvalue weighted by atomic mass is 10.0. The fourth-order valence-electron chi connectivity index (χ4n) is 12.1. The number of non-ortho nitro benzene ring substituents is 2. The van der Waals surface area contributed by atoms with E-state index in [-0.39, 0.29) is 87.6 Å². The molecule has 0 saturated heterocycles. The molecule has 1 aliphatic carbocycles. The summed E-state index contributed by atoms with van der Waals surface area (Å²) >= 11 is 2.22. The molecule has 0 unspecified atom stereocenters. The Morgan fingerprint density at radius 3 is 1.12 bits per heavy atom. The molecule has 0 amide bonds. The van der Waals surface area contributed by atoms with Crippen LogP contribution in [0.15, 0.2) is 278 Å². The molecule has 1 saturated carbocycles. The summed E-state index contributed by atoms with van der Waals surface area (Å²) in [6.45, 7) is 1.23. The van der Waals surface area contributed by atoms with Crippen molar-refractivity contribution in [3.8, 4) is 0 Å². The molecule has 544 valence electrons. The summed E-state index contributed by atoms with van der Waals surface area (Å²) < 4.78 is 63.5. The van der Waals surface area contributed by atoms with Crippen molar-refractivity contribution in [1.29, 1.82) is 0 Å². The highest BCUT2D eigenvalue weighted by Crippen LogP contribution is 2.26. The van der Waals surface area contributed by atoms with E-state index in [1.54, 1.807) is 131 Å². The molecule has 5 heterocycles. The van der Waals surface area contributed by atoms with Gasteiger partial charge in [0.25, 0.3) is 33.6 Å². The molecule has 0 spiro atoms. The Bertz CT molecular complexity index is 5670. The maximum atomic E-state index is 13.0. The molecule has 3 N–H and O–H groups in total. The summed E-state index contributed by atoms with van der Waals surface area (Å²) in [6, 6.07) is 57.3. The highest BCUT2D eigenvalue weighted by atomic mass is 127.